The van der Waals surface area contributed by atoms with Crippen molar-refractivity contribution in [3.63, 3.8) is 0 Å². The van der Waals surface area contributed by atoms with E-state index in [0.717, 1.165) is 4.88 Å². The van der Waals surface area contributed by atoms with E-state index in [1.165, 1.54) is 30.5 Å². The Morgan fingerprint density at radius 1 is 1.13 bits per heavy atom. The van der Waals surface area contributed by atoms with Crippen LogP contribution in [0.2, 0.25) is 0 Å². The average molecular weight is 557 g/mol. The number of hydrogen-bond acceptors (Lipinski definition) is 8. The standard InChI is InChI=1S/C28H36N4O6S/c1-7-28(3,4)30-27(35)25(20-11-8-12-21(36-5)26(20)37-6)32(17-19-10-9-15-39-19)24(34)14-13-23(33)29-22-16-18(2)38-31-22/h8-12,15-16,25H,7,13-14,17H2,1-6H3,(H,30,35)(H,29,31,33)/t25-/m1/s1. The predicted molar refractivity (Wildman–Crippen MR) is 149 cm³/mol. The van der Waals surface area contributed by atoms with Crippen molar-refractivity contribution < 1.29 is 28.4 Å². The molecule has 1 atom stereocenters. The maximum Gasteiger partial charge on any atom is 0.248 e. The monoisotopic (exact) mass is 556 g/mol. The molecule has 0 unspecified atom stereocenters. The molecule has 0 saturated heterocycles. The van der Waals surface area contributed by atoms with Crippen LogP contribution in [0.3, 0.4) is 0 Å². The highest BCUT2D eigenvalue weighted by Gasteiger charge is 2.36. The van der Waals surface area contributed by atoms with E-state index in [9.17, 15) is 14.4 Å². The molecule has 0 aliphatic carbocycles. The second kappa shape index (κ2) is 13.3. The molecular formula is C28H36N4O6S. The molecule has 3 aromatic rings. The second-order valence-electron chi connectivity index (χ2n) is 9.68. The van der Waals surface area contributed by atoms with Gasteiger partial charge in [-0.2, -0.15) is 0 Å². The number of aryl methyl sites for hydroxylation is 1. The minimum atomic E-state index is -1.04. The van der Waals surface area contributed by atoms with Gasteiger partial charge in [0.1, 0.15) is 11.8 Å². The van der Waals surface area contributed by atoms with Gasteiger partial charge in [-0.1, -0.05) is 30.3 Å². The number of ether oxygens (including phenoxy) is 2. The molecule has 3 rings (SSSR count). The van der Waals surface area contributed by atoms with Gasteiger partial charge >= 0.3 is 0 Å². The number of carbonyl (C=O) groups is 3. The van der Waals surface area contributed by atoms with E-state index in [1.54, 1.807) is 31.2 Å². The lowest BCUT2D eigenvalue weighted by molar-refractivity contribution is -0.142. The van der Waals surface area contributed by atoms with Gasteiger partial charge in [0.2, 0.25) is 17.7 Å². The van der Waals surface area contributed by atoms with Crippen LogP contribution >= 0.6 is 11.3 Å². The summed E-state index contributed by atoms with van der Waals surface area (Å²) in [6.07, 6.45) is 0.457. The second-order valence-corrected chi connectivity index (χ2v) is 10.7. The maximum absolute atomic E-state index is 13.9. The zero-order valence-electron chi connectivity index (χ0n) is 23.2. The van der Waals surface area contributed by atoms with Crippen molar-refractivity contribution in [2.45, 2.75) is 65.1 Å². The van der Waals surface area contributed by atoms with Gasteiger partial charge in [-0.25, -0.2) is 0 Å². The lowest BCUT2D eigenvalue weighted by Gasteiger charge is -2.35. The summed E-state index contributed by atoms with van der Waals surface area (Å²) < 4.78 is 16.1. The molecule has 2 N–H and O–H groups in total. The van der Waals surface area contributed by atoms with Gasteiger partial charge in [-0.15, -0.1) is 11.3 Å². The third-order valence-corrected chi connectivity index (χ3v) is 7.18. The number of thiophene rings is 1. The van der Waals surface area contributed by atoms with Crippen LogP contribution in [-0.2, 0) is 20.9 Å². The predicted octanol–water partition coefficient (Wildman–Crippen LogP) is 4.86. The Morgan fingerprint density at radius 2 is 1.90 bits per heavy atom. The summed E-state index contributed by atoms with van der Waals surface area (Å²) in [5.74, 6) is 0.515. The molecule has 3 amide bonds. The maximum atomic E-state index is 13.9. The van der Waals surface area contributed by atoms with Crippen LogP contribution in [0.1, 0.15) is 62.3 Å². The summed E-state index contributed by atoms with van der Waals surface area (Å²) in [5, 5.41) is 11.4. The molecule has 0 bridgehead atoms. The first kappa shape index (κ1) is 29.7. The summed E-state index contributed by atoms with van der Waals surface area (Å²) >= 11 is 1.48. The number of amides is 3. The van der Waals surface area contributed by atoms with Gasteiger partial charge in [0, 0.05) is 34.9 Å². The van der Waals surface area contributed by atoms with E-state index in [1.807, 2.05) is 38.3 Å². The van der Waals surface area contributed by atoms with Crippen LogP contribution < -0.4 is 20.1 Å². The number of nitrogens with one attached hydrogen (secondary N) is 2. The van der Waals surface area contributed by atoms with Crippen molar-refractivity contribution in [1.82, 2.24) is 15.4 Å². The normalized spacial score (nSPS) is 11.9. The highest BCUT2D eigenvalue weighted by Crippen LogP contribution is 2.38. The van der Waals surface area contributed by atoms with Gasteiger partial charge in [-0.3, -0.25) is 14.4 Å². The van der Waals surface area contributed by atoms with Gasteiger partial charge in [-0.05, 0) is 44.7 Å². The molecule has 0 radical (unpaired) electrons. The number of rotatable bonds is 13. The zero-order valence-corrected chi connectivity index (χ0v) is 24.0. The fourth-order valence-electron chi connectivity index (χ4n) is 3.96. The van der Waals surface area contributed by atoms with Gasteiger partial charge < -0.3 is 29.5 Å². The summed E-state index contributed by atoms with van der Waals surface area (Å²) in [5.41, 5.74) is -0.0389. The lowest BCUT2D eigenvalue weighted by atomic mass is 9.97. The molecule has 2 aromatic heterocycles. The van der Waals surface area contributed by atoms with Gasteiger partial charge in [0.25, 0.3) is 0 Å². The SMILES string of the molecule is CCC(C)(C)NC(=O)[C@@H](c1cccc(OC)c1OC)N(Cc1cccs1)C(=O)CCC(=O)Nc1cc(C)on1. The molecule has 0 aliphatic rings. The molecule has 2 heterocycles. The zero-order chi connectivity index (χ0) is 28.6. The first-order chi connectivity index (χ1) is 18.6. The quantitative estimate of drug-likeness (QED) is 0.308. The molecule has 1 aromatic carbocycles. The molecule has 10 nitrogen and oxygen atoms in total. The third-order valence-electron chi connectivity index (χ3n) is 6.32. The summed E-state index contributed by atoms with van der Waals surface area (Å²) in [6.45, 7) is 7.71. The molecule has 0 spiro atoms. The Bertz CT molecular complexity index is 1270. The third kappa shape index (κ3) is 7.82. The molecular weight excluding hydrogens is 520 g/mol. The Kier molecular flexibility index (Phi) is 10.1. The van der Waals surface area contributed by atoms with E-state index in [0.29, 0.717) is 29.2 Å². The summed E-state index contributed by atoms with van der Waals surface area (Å²) in [4.78, 5) is 42.7. The molecule has 11 heteroatoms. The molecule has 0 aliphatic heterocycles. The van der Waals surface area contributed by atoms with Crippen molar-refractivity contribution in [2.75, 3.05) is 19.5 Å². The molecule has 210 valence electrons. The van der Waals surface area contributed by atoms with Crippen molar-refractivity contribution in [2.24, 2.45) is 0 Å². The van der Waals surface area contributed by atoms with Crippen molar-refractivity contribution in [1.29, 1.82) is 0 Å². The fourth-order valence-corrected chi connectivity index (χ4v) is 4.66. The highest BCUT2D eigenvalue weighted by atomic mass is 32.1. The number of para-hydroxylation sites is 1. The van der Waals surface area contributed by atoms with E-state index < -0.39 is 11.6 Å². The number of carbonyl (C=O) groups excluding carboxylic acids is 3. The van der Waals surface area contributed by atoms with Crippen LogP contribution in [0.5, 0.6) is 11.5 Å². The lowest BCUT2D eigenvalue weighted by Crippen LogP contribution is -2.50. The number of anilines is 1. The number of aromatic nitrogens is 1. The van der Waals surface area contributed by atoms with E-state index in [-0.39, 0.29) is 42.9 Å². The number of methoxy groups -OCH3 is 2. The number of benzene rings is 1. The van der Waals surface area contributed by atoms with Crippen LogP contribution in [0, 0.1) is 6.92 Å². The molecule has 0 saturated carbocycles. The Labute approximate surface area is 232 Å². The Hall–Kier alpha value is -3.86. The van der Waals surface area contributed by atoms with E-state index >= 15 is 0 Å². The van der Waals surface area contributed by atoms with Crippen molar-refractivity contribution >= 4 is 34.9 Å². The topological polar surface area (TPSA) is 123 Å². The Balaban J connectivity index is 1.98. The van der Waals surface area contributed by atoms with Gasteiger partial charge in [0.05, 0.1) is 20.8 Å². The fraction of sp³-hybridized carbons (Fsp3) is 0.429. The Morgan fingerprint density at radius 3 is 2.49 bits per heavy atom. The largest absolute Gasteiger partial charge is 0.493 e. The van der Waals surface area contributed by atoms with Crippen molar-refractivity contribution in [3.8, 4) is 11.5 Å². The minimum absolute atomic E-state index is 0.101. The summed E-state index contributed by atoms with van der Waals surface area (Å²) in [7, 11) is 3.01. The van der Waals surface area contributed by atoms with Crippen molar-refractivity contribution in [3.05, 3.63) is 58.0 Å². The van der Waals surface area contributed by atoms with Crippen LogP contribution in [-0.4, -0.2) is 47.5 Å². The van der Waals surface area contributed by atoms with Crippen LogP contribution in [0.4, 0.5) is 5.82 Å². The van der Waals surface area contributed by atoms with Crippen LogP contribution in [0.15, 0.2) is 46.3 Å². The first-order valence-electron chi connectivity index (χ1n) is 12.7. The average Bonchev–Trinajstić information content (AvgIpc) is 3.57. The number of nitrogens with zero attached hydrogens (tertiary/aromatic N) is 2. The molecule has 0 fully saturated rings. The summed E-state index contributed by atoms with van der Waals surface area (Å²) in [6, 6.07) is 9.57. The van der Waals surface area contributed by atoms with Crippen LogP contribution in [0.25, 0.3) is 0 Å². The highest BCUT2D eigenvalue weighted by molar-refractivity contribution is 7.09. The smallest absolute Gasteiger partial charge is 0.248 e. The molecule has 39 heavy (non-hydrogen) atoms. The number of hydrogen-bond donors (Lipinski definition) is 2. The minimum Gasteiger partial charge on any atom is -0.493 e. The first-order valence-corrected chi connectivity index (χ1v) is 13.5. The van der Waals surface area contributed by atoms with E-state index in [2.05, 4.69) is 15.8 Å². The van der Waals surface area contributed by atoms with Gasteiger partial charge in [0.15, 0.2) is 17.3 Å². The van der Waals surface area contributed by atoms with E-state index in [4.69, 9.17) is 14.0 Å².